The molecule has 0 aromatic heterocycles. The summed E-state index contributed by atoms with van der Waals surface area (Å²) < 4.78 is 10.3. The van der Waals surface area contributed by atoms with Crippen molar-refractivity contribution < 1.29 is 38.4 Å². The van der Waals surface area contributed by atoms with Crippen LogP contribution in [0, 0.1) is 0 Å². The number of Topliss-reactive ketones (excluding diaryl/α,β-unsaturated/α-hetero) is 1. The third-order valence-corrected chi connectivity index (χ3v) is 5.89. The Morgan fingerprint density at radius 3 is 1.97 bits per heavy atom. The van der Waals surface area contributed by atoms with Crippen molar-refractivity contribution in [2.45, 2.75) is 84.5 Å². The van der Waals surface area contributed by atoms with Crippen LogP contribution in [0.5, 0.6) is 5.75 Å². The molecule has 0 spiro atoms. The maximum atomic E-state index is 12.8. The van der Waals surface area contributed by atoms with Gasteiger partial charge in [-0.3, -0.25) is 4.79 Å². The number of benzene rings is 2. The Balaban J connectivity index is 2.07. The van der Waals surface area contributed by atoms with Gasteiger partial charge in [-0.05, 0) is 43.2 Å². The number of ether oxygens (including phenoxy) is 2. The van der Waals surface area contributed by atoms with Crippen LogP contribution in [-0.4, -0.2) is 30.5 Å². The number of rotatable bonds is 16. The van der Waals surface area contributed by atoms with Crippen LogP contribution >= 0.6 is 0 Å². The summed E-state index contributed by atoms with van der Waals surface area (Å²) in [5, 5.41) is 0. The second-order valence-corrected chi connectivity index (χ2v) is 9.02. The van der Waals surface area contributed by atoms with E-state index in [1.165, 1.54) is 30.3 Å². The van der Waals surface area contributed by atoms with Crippen molar-refractivity contribution in [3.8, 4) is 5.75 Å². The first-order valence-corrected chi connectivity index (χ1v) is 13.5. The normalized spacial score (nSPS) is 10.5. The van der Waals surface area contributed by atoms with E-state index in [0.717, 1.165) is 57.8 Å². The van der Waals surface area contributed by atoms with Gasteiger partial charge in [0, 0.05) is 12.0 Å². The number of carbonyl (C=O) groups is 4. The molecule has 0 fully saturated rings. The third kappa shape index (κ3) is 11.2. The maximum Gasteiger partial charge on any atom is 0.513 e. The molecule has 0 amide bonds. The molecule has 206 valence electrons. The van der Waals surface area contributed by atoms with Gasteiger partial charge in [-0.25, -0.2) is 24.2 Å². The van der Waals surface area contributed by atoms with Crippen LogP contribution in [0.4, 0.5) is 4.79 Å². The van der Waals surface area contributed by atoms with Crippen LogP contribution in [0.15, 0.2) is 48.5 Å². The third-order valence-electron chi connectivity index (χ3n) is 5.89. The second kappa shape index (κ2) is 17.7. The SMILES string of the molecule is CCCCCCCOC(=O)Oc1ccc(C(=O)CCCCCCC)cc1C(=O)OOC(=O)c1ccccc1. The lowest BCUT2D eigenvalue weighted by molar-refractivity contribution is -0.187. The lowest BCUT2D eigenvalue weighted by Gasteiger charge is -2.11. The summed E-state index contributed by atoms with van der Waals surface area (Å²) in [6.45, 7) is 4.42. The van der Waals surface area contributed by atoms with Crippen molar-refractivity contribution >= 4 is 23.9 Å². The molecule has 0 unspecified atom stereocenters. The topological polar surface area (TPSA) is 105 Å². The number of ketones is 1. The molecule has 8 nitrogen and oxygen atoms in total. The minimum Gasteiger partial charge on any atom is -0.434 e. The second-order valence-electron chi connectivity index (χ2n) is 9.02. The van der Waals surface area contributed by atoms with Gasteiger partial charge in [0.15, 0.2) is 5.78 Å². The van der Waals surface area contributed by atoms with E-state index in [1.54, 1.807) is 18.2 Å². The van der Waals surface area contributed by atoms with Crippen molar-refractivity contribution in [1.29, 1.82) is 0 Å². The van der Waals surface area contributed by atoms with Gasteiger partial charge in [0.2, 0.25) is 0 Å². The first kappa shape index (κ1) is 30.5. The highest BCUT2D eigenvalue weighted by atomic mass is 17.2. The monoisotopic (exact) mass is 526 g/mol. The molecule has 0 aliphatic rings. The highest BCUT2D eigenvalue weighted by Crippen LogP contribution is 2.24. The van der Waals surface area contributed by atoms with Gasteiger partial charge in [-0.1, -0.05) is 83.4 Å². The van der Waals surface area contributed by atoms with Gasteiger partial charge in [0.05, 0.1) is 12.2 Å². The summed E-state index contributed by atoms with van der Waals surface area (Å²) in [6, 6.07) is 12.1. The van der Waals surface area contributed by atoms with Crippen molar-refractivity contribution in [2.75, 3.05) is 6.61 Å². The van der Waals surface area contributed by atoms with Gasteiger partial charge in [0.1, 0.15) is 11.3 Å². The average molecular weight is 527 g/mol. The summed E-state index contributed by atoms with van der Waals surface area (Å²) in [7, 11) is 0. The van der Waals surface area contributed by atoms with Gasteiger partial charge < -0.3 is 9.47 Å². The number of hydrogen-bond acceptors (Lipinski definition) is 8. The van der Waals surface area contributed by atoms with E-state index in [-0.39, 0.29) is 34.8 Å². The molecule has 38 heavy (non-hydrogen) atoms. The van der Waals surface area contributed by atoms with E-state index in [1.807, 2.05) is 0 Å². The zero-order valence-corrected chi connectivity index (χ0v) is 22.4. The highest BCUT2D eigenvalue weighted by Gasteiger charge is 2.23. The molecule has 0 bridgehead atoms. The molecule has 0 aliphatic heterocycles. The number of carbonyl (C=O) groups excluding carboxylic acids is 4. The molecular formula is C30H38O8. The zero-order valence-electron chi connectivity index (χ0n) is 22.4. The minimum atomic E-state index is -1.09. The molecule has 8 heteroatoms. The number of hydrogen-bond donors (Lipinski definition) is 0. The Kier molecular flexibility index (Phi) is 14.2. The Morgan fingerprint density at radius 1 is 0.658 bits per heavy atom. The van der Waals surface area contributed by atoms with Gasteiger partial charge in [-0.15, -0.1) is 0 Å². The fourth-order valence-electron chi connectivity index (χ4n) is 3.71. The molecular weight excluding hydrogens is 488 g/mol. The van der Waals surface area contributed by atoms with Crippen LogP contribution in [0.1, 0.15) is 116 Å². The quantitative estimate of drug-likeness (QED) is 0.0548. The summed E-state index contributed by atoms with van der Waals surface area (Å²) in [4.78, 5) is 59.3. The molecule has 2 rings (SSSR count). The van der Waals surface area contributed by atoms with E-state index in [9.17, 15) is 19.2 Å². The lowest BCUT2D eigenvalue weighted by Crippen LogP contribution is -2.17. The molecule has 0 heterocycles. The molecule has 0 atom stereocenters. The van der Waals surface area contributed by atoms with Crippen LogP contribution in [0.3, 0.4) is 0 Å². The van der Waals surface area contributed by atoms with E-state index in [4.69, 9.17) is 14.4 Å². The Morgan fingerprint density at radius 2 is 1.29 bits per heavy atom. The van der Waals surface area contributed by atoms with E-state index in [2.05, 4.69) is 18.7 Å². The predicted octanol–water partition coefficient (Wildman–Crippen LogP) is 7.64. The van der Waals surface area contributed by atoms with Crippen LogP contribution in [0.2, 0.25) is 0 Å². The first-order valence-electron chi connectivity index (χ1n) is 13.5. The van der Waals surface area contributed by atoms with E-state index < -0.39 is 18.1 Å². The molecule has 2 aromatic carbocycles. The van der Waals surface area contributed by atoms with Crippen LogP contribution in [0.25, 0.3) is 0 Å². The molecule has 0 saturated carbocycles. The summed E-state index contributed by atoms with van der Waals surface area (Å²) in [6.07, 6.45) is 9.21. The molecule has 0 aliphatic carbocycles. The fourth-order valence-corrected chi connectivity index (χ4v) is 3.71. The van der Waals surface area contributed by atoms with Gasteiger partial charge in [-0.2, -0.15) is 0 Å². The Hall–Kier alpha value is -3.68. The predicted molar refractivity (Wildman–Crippen MR) is 142 cm³/mol. The van der Waals surface area contributed by atoms with Crippen LogP contribution < -0.4 is 4.74 Å². The summed E-state index contributed by atoms with van der Waals surface area (Å²) in [5.41, 5.74) is 0.215. The standard InChI is InChI=1S/C30H38O8/c1-3-5-7-9-14-18-26(31)24-19-20-27(36-30(34)35-21-15-10-8-6-4-2)25(22-24)29(33)38-37-28(32)23-16-12-11-13-17-23/h11-13,16-17,19-20,22H,3-10,14-15,18,21H2,1-2H3. The van der Waals surface area contributed by atoms with Crippen molar-refractivity contribution in [3.05, 3.63) is 65.2 Å². The Labute approximate surface area is 224 Å². The molecule has 0 radical (unpaired) electrons. The van der Waals surface area contributed by atoms with Crippen molar-refractivity contribution in [3.63, 3.8) is 0 Å². The smallest absolute Gasteiger partial charge is 0.434 e. The van der Waals surface area contributed by atoms with Crippen LogP contribution in [-0.2, 0) is 14.5 Å². The highest BCUT2D eigenvalue weighted by molar-refractivity contribution is 6.01. The fraction of sp³-hybridized carbons (Fsp3) is 0.467. The average Bonchev–Trinajstić information content (AvgIpc) is 2.93. The first-order chi connectivity index (χ1) is 18.5. The number of unbranched alkanes of at least 4 members (excludes halogenated alkanes) is 8. The molecule has 0 N–H and O–H groups in total. The largest absolute Gasteiger partial charge is 0.513 e. The van der Waals surface area contributed by atoms with Crippen molar-refractivity contribution in [2.24, 2.45) is 0 Å². The van der Waals surface area contributed by atoms with Gasteiger partial charge >= 0.3 is 18.1 Å². The van der Waals surface area contributed by atoms with Gasteiger partial charge in [0.25, 0.3) is 0 Å². The van der Waals surface area contributed by atoms with E-state index in [0.29, 0.717) is 12.8 Å². The summed E-state index contributed by atoms with van der Waals surface area (Å²) in [5.74, 6) is -2.28. The molecule has 0 saturated heterocycles. The van der Waals surface area contributed by atoms with Crippen molar-refractivity contribution in [1.82, 2.24) is 0 Å². The lowest BCUT2D eigenvalue weighted by atomic mass is 10.0. The minimum absolute atomic E-state index is 0.155. The zero-order chi connectivity index (χ0) is 27.6. The summed E-state index contributed by atoms with van der Waals surface area (Å²) >= 11 is 0. The molecule has 2 aromatic rings. The maximum absolute atomic E-state index is 12.8. The Bertz CT molecular complexity index is 1030. The van der Waals surface area contributed by atoms with E-state index >= 15 is 0 Å².